The highest BCUT2D eigenvalue weighted by Gasteiger charge is 2.10. The molecule has 0 aliphatic carbocycles. The number of hydrogen-bond donors (Lipinski definition) is 1. The first-order chi connectivity index (χ1) is 9.22. The van der Waals surface area contributed by atoms with Crippen molar-refractivity contribution < 1.29 is 0 Å². The standard InChI is InChI=1S/C17H20ClN/c1-2-13-3-5-14(6-4-13)11-16(12-19)15-7-9-17(18)10-8-15/h3-10,16H,2,11-12,19H2,1H3. The molecule has 1 atom stereocenters. The average Bonchev–Trinajstić information content (AvgIpc) is 2.46. The fraction of sp³-hybridized carbons (Fsp3) is 0.294. The van der Waals surface area contributed by atoms with Crippen LogP contribution >= 0.6 is 11.6 Å². The molecule has 0 amide bonds. The van der Waals surface area contributed by atoms with Crippen LogP contribution < -0.4 is 5.73 Å². The molecule has 2 aromatic carbocycles. The Bertz CT molecular complexity index is 502. The third-order valence-electron chi connectivity index (χ3n) is 3.54. The Kier molecular flexibility index (Phi) is 5.00. The highest BCUT2D eigenvalue weighted by Crippen LogP contribution is 2.22. The van der Waals surface area contributed by atoms with Crippen LogP contribution in [-0.4, -0.2) is 6.54 Å². The van der Waals surface area contributed by atoms with E-state index in [1.165, 1.54) is 16.7 Å². The van der Waals surface area contributed by atoms with E-state index in [0.717, 1.165) is 17.9 Å². The molecule has 0 spiro atoms. The highest BCUT2D eigenvalue weighted by atomic mass is 35.5. The number of benzene rings is 2. The molecule has 2 N–H and O–H groups in total. The quantitative estimate of drug-likeness (QED) is 0.869. The minimum atomic E-state index is 0.352. The molecule has 0 heterocycles. The monoisotopic (exact) mass is 273 g/mol. The molecule has 0 saturated carbocycles. The van der Waals surface area contributed by atoms with Crippen LogP contribution in [0.25, 0.3) is 0 Å². The van der Waals surface area contributed by atoms with Gasteiger partial charge in [0.1, 0.15) is 0 Å². The second kappa shape index (κ2) is 6.74. The Morgan fingerprint density at radius 1 is 0.947 bits per heavy atom. The van der Waals surface area contributed by atoms with Gasteiger partial charge in [-0.25, -0.2) is 0 Å². The Hall–Kier alpha value is -1.31. The van der Waals surface area contributed by atoms with Gasteiger partial charge in [0.05, 0.1) is 0 Å². The first-order valence-corrected chi connectivity index (χ1v) is 7.14. The second-order valence-electron chi connectivity index (χ2n) is 4.86. The van der Waals surface area contributed by atoms with Gasteiger partial charge in [-0.15, -0.1) is 0 Å². The van der Waals surface area contributed by atoms with E-state index in [-0.39, 0.29) is 0 Å². The normalized spacial score (nSPS) is 12.4. The zero-order chi connectivity index (χ0) is 13.7. The topological polar surface area (TPSA) is 26.0 Å². The van der Waals surface area contributed by atoms with Crippen LogP contribution in [0.3, 0.4) is 0 Å². The molecule has 0 saturated heterocycles. The van der Waals surface area contributed by atoms with Crippen LogP contribution in [0.4, 0.5) is 0 Å². The van der Waals surface area contributed by atoms with Crippen molar-refractivity contribution in [1.29, 1.82) is 0 Å². The van der Waals surface area contributed by atoms with Crippen LogP contribution in [0.5, 0.6) is 0 Å². The summed E-state index contributed by atoms with van der Waals surface area (Å²) in [4.78, 5) is 0. The predicted molar refractivity (Wildman–Crippen MR) is 82.8 cm³/mol. The van der Waals surface area contributed by atoms with Gasteiger partial charge in [0.2, 0.25) is 0 Å². The van der Waals surface area contributed by atoms with Gasteiger partial charge in [0.25, 0.3) is 0 Å². The fourth-order valence-corrected chi connectivity index (χ4v) is 2.39. The van der Waals surface area contributed by atoms with Crippen molar-refractivity contribution in [3.05, 3.63) is 70.2 Å². The van der Waals surface area contributed by atoms with Gasteiger partial charge < -0.3 is 5.73 Å². The lowest BCUT2D eigenvalue weighted by molar-refractivity contribution is 0.694. The largest absolute Gasteiger partial charge is 0.330 e. The van der Waals surface area contributed by atoms with Gasteiger partial charge in [-0.3, -0.25) is 0 Å². The molecule has 0 radical (unpaired) electrons. The maximum atomic E-state index is 5.92. The molecule has 2 rings (SSSR count). The Labute approximate surface area is 120 Å². The van der Waals surface area contributed by atoms with E-state index in [1.54, 1.807) is 0 Å². The van der Waals surface area contributed by atoms with Crippen molar-refractivity contribution in [2.45, 2.75) is 25.7 Å². The summed E-state index contributed by atoms with van der Waals surface area (Å²) >= 11 is 5.92. The molecule has 0 bridgehead atoms. The number of rotatable bonds is 5. The lowest BCUT2D eigenvalue weighted by Gasteiger charge is -2.15. The molecule has 0 aliphatic rings. The van der Waals surface area contributed by atoms with Crippen molar-refractivity contribution in [3.63, 3.8) is 0 Å². The summed E-state index contributed by atoms with van der Waals surface area (Å²) in [5.74, 6) is 0.352. The van der Waals surface area contributed by atoms with Gasteiger partial charge in [-0.05, 0) is 48.2 Å². The fourth-order valence-electron chi connectivity index (χ4n) is 2.27. The molecule has 0 aliphatic heterocycles. The maximum Gasteiger partial charge on any atom is 0.0406 e. The number of aryl methyl sites for hydroxylation is 1. The van der Waals surface area contributed by atoms with E-state index >= 15 is 0 Å². The van der Waals surface area contributed by atoms with Crippen molar-refractivity contribution in [3.8, 4) is 0 Å². The summed E-state index contributed by atoms with van der Waals surface area (Å²) < 4.78 is 0. The summed E-state index contributed by atoms with van der Waals surface area (Å²) in [5.41, 5.74) is 9.88. The van der Waals surface area contributed by atoms with Gasteiger partial charge >= 0.3 is 0 Å². The van der Waals surface area contributed by atoms with E-state index in [1.807, 2.05) is 12.1 Å². The minimum Gasteiger partial charge on any atom is -0.330 e. The number of halogens is 1. The molecule has 0 fully saturated rings. The second-order valence-corrected chi connectivity index (χ2v) is 5.29. The Morgan fingerprint density at radius 2 is 1.53 bits per heavy atom. The first-order valence-electron chi connectivity index (χ1n) is 6.76. The summed E-state index contributed by atoms with van der Waals surface area (Å²) in [5, 5.41) is 0.770. The van der Waals surface area contributed by atoms with Gasteiger partial charge in [0, 0.05) is 10.9 Å². The van der Waals surface area contributed by atoms with E-state index in [2.05, 4.69) is 43.3 Å². The lowest BCUT2D eigenvalue weighted by Crippen LogP contribution is -2.15. The molecule has 1 nitrogen and oxygen atoms in total. The molecular weight excluding hydrogens is 254 g/mol. The first kappa shape index (κ1) is 14.1. The molecule has 100 valence electrons. The smallest absolute Gasteiger partial charge is 0.0406 e. The molecule has 2 aromatic rings. The van der Waals surface area contributed by atoms with Crippen LogP contribution in [0.15, 0.2) is 48.5 Å². The van der Waals surface area contributed by atoms with Gasteiger partial charge in [0.15, 0.2) is 0 Å². The van der Waals surface area contributed by atoms with E-state index in [4.69, 9.17) is 17.3 Å². The van der Waals surface area contributed by atoms with Crippen LogP contribution in [0.2, 0.25) is 5.02 Å². The molecule has 19 heavy (non-hydrogen) atoms. The highest BCUT2D eigenvalue weighted by molar-refractivity contribution is 6.30. The van der Waals surface area contributed by atoms with E-state index < -0.39 is 0 Å². The van der Waals surface area contributed by atoms with E-state index in [9.17, 15) is 0 Å². The SMILES string of the molecule is CCc1ccc(CC(CN)c2ccc(Cl)cc2)cc1. The summed E-state index contributed by atoms with van der Waals surface area (Å²) in [6.07, 6.45) is 2.06. The van der Waals surface area contributed by atoms with Crippen molar-refractivity contribution in [2.75, 3.05) is 6.54 Å². The Morgan fingerprint density at radius 3 is 2.05 bits per heavy atom. The lowest BCUT2D eigenvalue weighted by atomic mass is 9.92. The number of hydrogen-bond acceptors (Lipinski definition) is 1. The summed E-state index contributed by atoms with van der Waals surface area (Å²) in [7, 11) is 0. The Balaban J connectivity index is 2.11. The molecule has 1 unspecified atom stereocenters. The summed E-state index contributed by atoms with van der Waals surface area (Å²) in [6.45, 7) is 2.82. The van der Waals surface area contributed by atoms with Crippen LogP contribution in [0.1, 0.15) is 29.5 Å². The molecule has 2 heteroatoms. The molecule has 0 aromatic heterocycles. The van der Waals surface area contributed by atoms with Crippen molar-refractivity contribution >= 4 is 11.6 Å². The van der Waals surface area contributed by atoms with Crippen molar-refractivity contribution in [1.82, 2.24) is 0 Å². The van der Waals surface area contributed by atoms with Gasteiger partial charge in [-0.2, -0.15) is 0 Å². The van der Waals surface area contributed by atoms with Crippen molar-refractivity contribution in [2.24, 2.45) is 5.73 Å². The maximum absolute atomic E-state index is 5.92. The predicted octanol–water partition coefficient (Wildman–Crippen LogP) is 4.19. The van der Waals surface area contributed by atoms with E-state index in [0.29, 0.717) is 12.5 Å². The zero-order valence-electron chi connectivity index (χ0n) is 11.3. The average molecular weight is 274 g/mol. The molecular formula is C17H20ClN. The number of nitrogens with two attached hydrogens (primary N) is 1. The zero-order valence-corrected chi connectivity index (χ0v) is 12.0. The van der Waals surface area contributed by atoms with Crippen LogP contribution in [-0.2, 0) is 12.8 Å². The third kappa shape index (κ3) is 3.82. The minimum absolute atomic E-state index is 0.352. The van der Waals surface area contributed by atoms with Crippen LogP contribution in [0, 0.1) is 0 Å². The third-order valence-corrected chi connectivity index (χ3v) is 3.79. The summed E-state index contributed by atoms with van der Waals surface area (Å²) in [6, 6.07) is 16.8. The van der Waals surface area contributed by atoms with Gasteiger partial charge in [-0.1, -0.05) is 54.9 Å².